The Kier molecular flexibility index (Phi) is 4.74. The molecule has 2 aromatic heterocycles. The topological polar surface area (TPSA) is 98.4 Å². The maximum Gasteiger partial charge on any atom is 0.255 e. The largest absolute Gasteiger partial charge is 0.493 e. The number of nitrogens with one attached hydrogen (secondary N) is 2. The lowest BCUT2D eigenvalue weighted by atomic mass is 10.1. The molecule has 0 saturated heterocycles. The third kappa shape index (κ3) is 3.22. The highest BCUT2D eigenvalue weighted by Gasteiger charge is 2.18. The van der Waals surface area contributed by atoms with E-state index in [0.29, 0.717) is 34.1 Å². The van der Waals surface area contributed by atoms with E-state index in [1.807, 2.05) is 42.5 Å². The Hall–Kier alpha value is -4.33. The van der Waals surface area contributed by atoms with Crippen molar-refractivity contribution in [1.82, 2.24) is 15.0 Å². The van der Waals surface area contributed by atoms with Gasteiger partial charge in [0.1, 0.15) is 5.52 Å². The van der Waals surface area contributed by atoms with E-state index in [2.05, 4.69) is 15.3 Å². The Bertz CT molecular complexity index is 1470. The van der Waals surface area contributed by atoms with Gasteiger partial charge in [-0.2, -0.15) is 0 Å². The fourth-order valence-corrected chi connectivity index (χ4v) is 3.74. The van der Waals surface area contributed by atoms with Gasteiger partial charge in [0.15, 0.2) is 17.1 Å². The Labute approximate surface area is 183 Å². The van der Waals surface area contributed by atoms with Crippen molar-refractivity contribution < 1.29 is 19.0 Å². The number of aromatic nitrogens is 3. The van der Waals surface area contributed by atoms with Crippen LogP contribution in [-0.4, -0.2) is 42.2 Å². The van der Waals surface area contributed by atoms with Crippen LogP contribution < -0.4 is 19.5 Å². The molecule has 0 bridgehead atoms. The van der Waals surface area contributed by atoms with Crippen molar-refractivity contribution >= 4 is 44.7 Å². The molecule has 5 rings (SSSR count). The summed E-state index contributed by atoms with van der Waals surface area (Å²) < 4.78 is 16.0. The van der Waals surface area contributed by atoms with Crippen molar-refractivity contribution in [2.24, 2.45) is 0 Å². The van der Waals surface area contributed by atoms with E-state index < -0.39 is 0 Å². The van der Waals surface area contributed by atoms with Crippen molar-refractivity contribution in [3.63, 3.8) is 0 Å². The SMILES string of the molecule is COc1cc(C(=O)Nc2ccc3[nH]c4nc5ccccc5nc4c3c2)cc(OC)c1OC. The van der Waals surface area contributed by atoms with Crippen LogP contribution in [0.15, 0.2) is 54.6 Å². The number of rotatable bonds is 5. The monoisotopic (exact) mass is 428 g/mol. The molecule has 0 radical (unpaired) electrons. The molecule has 0 spiro atoms. The fourth-order valence-electron chi connectivity index (χ4n) is 3.74. The van der Waals surface area contributed by atoms with Crippen molar-refractivity contribution in [2.75, 3.05) is 26.6 Å². The smallest absolute Gasteiger partial charge is 0.255 e. The molecule has 0 atom stereocenters. The van der Waals surface area contributed by atoms with Gasteiger partial charge in [0.2, 0.25) is 5.75 Å². The number of para-hydroxylation sites is 2. The summed E-state index contributed by atoms with van der Waals surface area (Å²) in [6.45, 7) is 0. The molecule has 2 N–H and O–H groups in total. The Balaban J connectivity index is 1.53. The van der Waals surface area contributed by atoms with Crippen LogP contribution in [0, 0.1) is 0 Å². The Morgan fingerprint density at radius 1 is 0.875 bits per heavy atom. The summed E-state index contributed by atoms with van der Waals surface area (Å²) >= 11 is 0. The van der Waals surface area contributed by atoms with Crippen LogP contribution in [0.1, 0.15) is 10.4 Å². The zero-order valence-electron chi connectivity index (χ0n) is 17.7. The quantitative estimate of drug-likeness (QED) is 0.426. The van der Waals surface area contributed by atoms with Gasteiger partial charge in [-0.3, -0.25) is 4.79 Å². The maximum absolute atomic E-state index is 13.0. The minimum atomic E-state index is -0.306. The zero-order chi connectivity index (χ0) is 22.2. The van der Waals surface area contributed by atoms with E-state index in [-0.39, 0.29) is 5.91 Å². The molecule has 0 unspecified atom stereocenters. The first-order valence-electron chi connectivity index (χ1n) is 9.91. The Morgan fingerprint density at radius 2 is 1.56 bits per heavy atom. The van der Waals surface area contributed by atoms with Gasteiger partial charge in [-0.25, -0.2) is 9.97 Å². The number of ether oxygens (including phenoxy) is 3. The fraction of sp³-hybridized carbons (Fsp3) is 0.125. The number of nitrogens with zero attached hydrogens (tertiary/aromatic N) is 2. The van der Waals surface area contributed by atoms with Crippen LogP contribution >= 0.6 is 0 Å². The standard InChI is InChI=1S/C24H20N4O4/c1-30-19-10-13(11-20(31-2)22(19)32-3)24(29)25-14-8-9-16-15(12-14)21-23(27-16)28-18-7-5-4-6-17(18)26-21/h4-12H,1-3H3,(H,25,29)(H,27,28). The number of aromatic amines is 1. The molecule has 0 aliphatic carbocycles. The summed E-state index contributed by atoms with van der Waals surface area (Å²) in [7, 11) is 4.53. The van der Waals surface area contributed by atoms with E-state index in [0.717, 1.165) is 27.5 Å². The minimum Gasteiger partial charge on any atom is -0.493 e. The van der Waals surface area contributed by atoms with Crippen molar-refractivity contribution in [3.8, 4) is 17.2 Å². The number of methoxy groups -OCH3 is 3. The number of carbonyl (C=O) groups excluding carboxylic acids is 1. The lowest BCUT2D eigenvalue weighted by Crippen LogP contribution is -2.12. The highest BCUT2D eigenvalue weighted by Crippen LogP contribution is 2.38. The van der Waals surface area contributed by atoms with Gasteiger partial charge in [-0.05, 0) is 42.5 Å². The van der Waals surface area contributed by atoms with Crippen LogP contribution in [0.5, 0.6) is 17.2 Å². The minimum absolute atomic E-state index is 0.306. The van der Waals surface area contributed by atoms with E-state index in [1.54, 1.807) is 12.1 Å². The van der Waals surface area contributed by atoms with Gasteiger partial charge in [0, 0.05) is 22.2 Å². The first-order chi connectivity index (χ1) is 15.6. The summed E-state index contributed by atoms with van der Waals surface area (Å²) in [5.74, 6) is 0.940. The molecule has 8 heteroatoms. The van der Waals surface area contributed by atoms with Crippen LogP contribution in [0.2, 0.25) is 0 Å². The summed E-state index contributed by atoms with van der Waals surface area (Å²) in [4.78, 5) is 25.7. The highest BCUT2D eigenvalue weighted by atomic mass is 16.5. The number of amides is 1. The van der Waals surface area contributed by atoms with Crippen LogP contribution in [0.4, 0.5) is 5.69 Å². The number of carbonyl (C=O) groups is 1. The zero-order valence-corrected chi connectivity index (χ0v) is 17.7. The lowest BCUT2D eigenvalue weighted by Gasteiger charge is -2.14. The Morgan fingerprint density at radius 3 is 2.22 bits per heavy atom. The van der Waals surface area contributed by atoms with Crippen molar-refractivity contribution in [1.29, 1.82) is 0 Å². The van der Waals surface area contributed by atoms with Crippen LogP contribution in [0.25, 0.3) is 33.1 Å². The molecular weight excluding hydrogens is 408 g/mol. The number of benzene rings is 3. The van der Waals surface area contributed by atoms with Gasteiger partial charge < -0.3 is 24.5 Å². The molecule has 0 aliphatic rings. The molecule has 8 nitrogen and oxygen atoms in total. The van der Waals surface area contributed by atoms with E-state index in [9.17, 15) is 4.79 Å². The second kappa shape index (κ2) is 7.73. The van der Waals surface area contributed by atoms with Crippen LogP contribution in [0.3, 0.4) is 0 Å². The first kappa shape index (κ1) is 19.6. The average Bonchev–Trinajstić information content (AvgIpc) is 3.18. The number of fused-ring (bicyclic) bond motifs is 4. The molecule has 1 amide bonds. The number of hydrogen-bond acceptors (Lipinski definition) is 6. The van der Waals surface area contributed by atoms with Crippen molar-refractivity contribution in [2.45, 2.75) is 0 Å². The van der Waals surface area contributed by atoms with E-state index in [4.69, 9.17) is 19.2 Å². The van der Waals surface area contributed by atoms with Gasteiger partial charge in [-0.15, -0.1) is 0 Å². The molecule has 5 aromatic rings. The molecule has 160 valence electrons. The molecule has 3 aromatic carbocycles. The van der Waals surface area contributed by atoms with E-state index in [1.165, 1.54) is 21.3 Å². The second-order valence-corrected chi connectivity index (χ2v) is 7.16. The van der Waals surface area contributed by atoms with Crippen LogP contribution in [-0.2, 0) is 0 Å². The predicted molar refractivity (Wildman–Crippen MR) is 123 cm³/mol. The number of hydrogen-bond donors (Lipinski definition) is 2. The summed E-state index contributed by atoms with van der Waals surface area (Å²) in [6.07, 6.45) is 0. The highest BCUT2D eigenvalue weighted by molar-refractivity contribution is 6.09. The predicted octanol–water partition coefficient (Wildman–Crippen LogP) is 4.54. The van der Waals surface area contributed by atoms with Gasteiger partial charge in [0.05, 0.1) is 32.4 Å². The summed E-state index contributed by atoms with van der Waals surface area (Å²) in [6, 6.07) is 16.5. The molecule has 0 aliphatic heterocycles. The maximum atomic E-state index is 13.0. The first-order valence-corrected chi connectivity index (χ1v) is 9.91. The summed E-state index contributed by atoms with van der Waals surface area (Å²) in [5, 5.41) is 3.81. The molecule has 0 saturated carbocycles. The lowest BCUT2D eigenvalue weighted by molar-refractivity contribution is 0.102. The molecule has 2 heterocycles. The normalized spacial score (nSPS) is 11.1. The van der Waals surface area contributed by atoms with Crippen molar-refractivity contribution in [3.05, 3.63) is 60.2 Å². The van der Waals surface area contributed by atoms with E-state index >= 15 is 0 Å². The van der Waals surface area contributed by atoms with Gasteiger partial charge in [-0.1, -0.05) is 12.1 Å². The van der Waals surface area contributed by atoms with Gasteiger partial charge >= 0.3 is 0 Å². The third-order valence-corrected chi connectivity index (χ3v) is 5.28. The summed E-state index contributed by atoms with van der Waals surface area (Å²) in [5.41, 5.74) is 4.99. The number of H-pyrrole nitrogens is 1. The van der Waals surface area contributed by atoms with Gasteiger partial charge in [0.25, 0.3) is 5.91 Å². The second-order valence-electron chi connectivity index (χ2n) is 7.16. The average molecular weight is 428 g/mol. The molecule has 32 heavy (non-hydrogen) atoms. The molecular formula is C24H20N4O4. The third-order valence-electron chi connectivity index (χ3n) is 5.28. The molecule has 0 fully saturated rings. The number of anilines is 1.